The molecule has 9 nitrogen and oxygen atoms in total. The van der Waals surface area contributed by atoms with Gasteiger partial charge in [-0.2, -0.15) is 10.1 Å². The van der Waals surface area contributed by atoms with Gasteiger partial charge < -0.3 is 14.9 Å². The molecule has 0 radical (unpaired) electrons. The number of nitrogens with two attached hydrogens (primary N) is 1. The number of nitrogen functional groups attached to an aromatic ring is 1. The van der Waals surface area contributed by atoms with Crippen LogP contribution >= 0.6 is 0 Å². The molecule has 1 spiro atoms. The number of hydrogen-bond donors (Lipinski definition) is 2. The van der Waals surface area contributed by atoms with Crippen molar-refractivity contribution in [3.05, 3.63) is 46.8 Å². The molecule has 3 aromatic rings. The predicted molar refractivity (Wildman–Crippen MR) is 98.5 cm³/mol. The Balaban J connectivity index is 1.79. The van der Waals surface area contributed by atoms with Crippen LogP contribution in [0.2, 0.25) is 0 Å². The summed E-state index contributed by atoms with van der Waals surface area (Å²) in [6, 6.07) is 7.43. The molecular weight excluding hydrogens is 362 g/mol. The molecule has 9 heteroatoms. The second kappa shape index (κ2) is 5.44. The molecule has 0 fully saturated rings. The van der Waals surface area contributed by atoms with Crippen LogP contribution in [0.25, 0.3) is 11.3 Å². The van der Waals surface area contributed by atoms with Crippen LogP contribution in [0, 0.1) is 6.92 Å². The molecule has 0 unspecified atom stereocenters. The maximum absolute atomic E-state index is 13.8. The van der Waals surface area contributed by atoms with Gasteiger partial charge in [-0.05, 0) is 19.4 Å². The van der Waals surface area contributed by atoms with Crippen molar-refractivity contribution in [3.63, 3.8) is 0 Å². The molecule has 1 aliphatic heterocycles. The zero-order chi connectivity index (χ0) is 19.6. The van der Waals surface area contributed by atoms with Gasteiger partial charge in [-0.3, -0.25) is 19.6 Å². The van der Waals surface area contributed by atoms with E-state index in [0.717, 1.165) is 11.1 Å². The lowest BCUT2D eigenvalue weighted by atomic mass is 9.75. The van der Waals surface area contributed by atoms with E-state index in [1.54, 1.807) is 6.92 Å². The van der Waals surface area contributed by atoms with E-state index in [-0.39, 0.29) is 25.1 Å². The molecular formula is C19H17N5O4. The monoisotopic (exact) mass is 379 g/mol. The lowest BCUT2D eigenvalue weighted by molar-refractivity contribution is -0.142. The fourth-order valence-corrected chi connectivity index (χ4v) is 4.33. The Hall–Kier alpha value is -3.62. The smallest absolute Gasteiger partial charge is 0.326 e. The third kappa shape index (κ3) is 1.80. The molecule has 1 atom stereocenters. The largest absolute Gasteiger partial charge is 0.465 e. The van der Waals surface area contributed by atoms with Crippen LogP contribution in [0.5, 0.6) is 0 Å². The summed E-state index contributed by atoms with van der Waals surface area (Å²) in [6.07, 6.45) is 0. The molecule has 0 saturated carbocycles. The molecule has 1 amide bonds. The Labute approximate surface area is 159 Å². The molecule has 28 heavy (non-hydrogen) atoms. The second-order valence-electron chi connectivity index (χ2n) is 6.77. The molecule has 3 heterocycles. The Bertz CT molecular complexity index is 1150. The van der Waals surface area contributed by atoms with E-state index < -0.39 is 11.4 Å². The van der Waals surface area contributed by atoms with Crippen molar-refractivity contribution in [2.45, 2.75) is 19.3 Å². The average Bonchev–Trinajstić information content (AvgIpc) is 3.36. The van der Waals surface area contributed by atoms with Crippen LogP contribution < -0.4 is 10.6 Å². The number of hydrogen-bond acceptors (Lipinski definition) is 7. The summed E-state index contributed by atoms with van der Waals surface area (Å²) < 4.78 is 10.7. The standard InChI is InChI=1S/C19H17N5O4/c1-3-27-12(25)8-24-16-13(9(2)22-23-16)19(17(24)26)11-7-5-4-6-10(11)14-15(19)21-18(20)28-14/h4-7H,3,8H2,1-2H3,(H2,20,21)(H,22,23)/t19-/m1/s1. The minimum Gasteiger partial charge on any atom is -0.465 e. The Kier molecular flexibility index (Phi) is 3.22. The SMILES string of the molecule is CCOC(=O)CN1C(=O)[C@]2(c3ccccc3-c3oc(N)nc32)c2c1n[nH]c2C. The normalized spacial score (nSPS) is 19.1. The third-order valence-electron chi connectivity index (χ3n) is 5.29. The number of amides is 1. The predicted octanol–water partition coefficient (Wildman–Crippen LogP) is 1.51. The highest BCUT2D eigenvalue weighted by atomic mass is 16.5. The lowest BCUT2D eigenvalue weighted by Crippen LogP contribution is -2.44. The van der Waals surface area contributed by atoms with Gasteiger partial charge in [0, 0.05) is 16.8 Å². The second-order valence-corrected chi connectivity index (χ2v) is 6.77. The van der Waals surface area contributed by atoms with E-state index >= 15 is 0 Å². The van der Waals surface area contributed by atoms with Crippen LogP contribution in [-0.4, -0.2) is 40.2 Å². The lowest BCUT2D eigenvalue weighted by Gasteiger charge is -2.25. The first kappa shape index (κ1) is 16.5. The summed E-state index contributed by atoms with van der Waals surface area (Å²) in [5, 5.41) is 7.22. The van der Waals surface area contributed by atoms with Crippen LogP contribution in [0.3, 0.4) is 0 Å². The number of aryl methyl sites for hydroxylation is 1. The van der Waals surface area contributed by atoms with Gasteiger partial charge >= 0.3 is 5.97 Å². The Morgan fingerprint density at radius 1 is 1.39 bits per heavy atom. The van der Waals surface area contributed by atoms with E-state index in [1.165, 1.54) is 4.90 Å². The number of esters is 1. The van der Waals surface area contributed by atoms with E-state index in [9.17, 15) is 9.59 Å². The van der Waals surface area contributed by atoms with Crippen molar-refractivity contribution in [1.82, 2.24) is 15.2 Å². The number of aromatic amines is 1. The number of fused-ring (bicyclic) bond motifs is 7. The number of benzene rings is 1. The highest BCUT2D eigenvalue weighted by molar-refractivity contribution is 6.16. The van der Waals surface area contributed by atoms with Gasteiger partial charge in [-0.1, -0.05) is 24.3 Å². The first-order valence-corrected chi connectivity index (χ1v) is 8.89. The number of carbonyl (C=O) groups excluding carboxylic acids is 2. The van der Waals surface area contributed by atoms with Crippen molar-refractivity contribution < 1.29 is 18.7 Å². The maximum atomic E-state index is 13.8. The topological polar surface area (TPSA) is 127 Å². The van der Waals surface area contributed by atoms with Gasteiger partial charge in [0.25, 0.3) is 6.01 Å². The number of nitrogens with zero attached hydrogens (tertiary/aromatic N) is 3. The summed E-state index contributed by atoms with van der Waals surface area (Å²) in [4.78, 5) is 31.7. The van der Waals surface area contributed by atoms with Gasteiger partial charge in [0.05, 0.1) is 6.61 Å². The van der Waals surface area contributed by atoms with E-state index in [1.807, 2.05) is 31.2 Å². The van der Waals surface area contributed by atoms with E-state index in [0.29, 0.717) is 28.5 Å². The molecule has 0 saturated heterocycles. The zero-order valence-corrected chi connectivity index (χ0v) is 15.3. The maximum Gasteiger partial charge on any atom is 0.326 e. The van der Waals surface area contributed by atoms with Crippen molar-refractivity contribution in [1.29, 1.82) is 0 Å². The van der Waals surface area contributed by atoms with Crippen LogP contribution in [-0.2, 0) is 19.7 Å². The summed E-state index contributed by atoms with van der Waals surface area (Å²) in [5.41, 5.74) is 7.84. The van der Waals surface area contributed by atoms with E-state index in [4.69, 9.17) is 14.9 Å². The van der Waals surface area contributed by atoms with E-state index in [2.05, 4.69) is 15.2 Å². The van der Waals surface area contributed by atoms with Gasteiger partial charge in [0.2, 0.25) is 5.91 Å². The number of rotatable bonds is 3. The average molecular weight is 379 g/mol. The quantitative estimate of drug-likeness (QED) is 0.660. The van der Waals surface area contributed by atoms with Crippen molar-refractivity contribution in [2.24, 2.45) is 0 Å². The summed E-state index contributed by atoms with van der Waals surface area (Å²) in [6.45, 7) is 3.54. The number of nitrogens with one attached hydrogen (secondary N) is 1. The number of anilines is 2. The summed E-state index contributed by atoms with van der Waals surface area (Å²) in [7, 11) is 0. The minimum atomic E-state index is -1.26. The molecule has 0 bridgehead atoms. The van der Waals surface area contributed by atoms with Gasteiger partial charge in [-0.25, -0.2) is 0 Å². The van der Waals surface area contributed by atoms with Crippen LogP contribution in [0.15, 0.2) is 28.7 Å². The number of H-pyrrole nitrogens is 1. The number of oxazole rings is 1. The number of aromatic nitrogens is 3. The number of carbonyl (C=O) groups is 2. The van der Waals surface area contributed by atoms with Crippen LogP contribution in [0.1, 0.15) is 29.4 Å². The molecule has 2 aromatic heterocycles. The van der Waals surface area contributed by atoms with Gasteiger partial charge in [0.15, 0.2) is 17.0 Å². The molecule has 1 aliphatic carbocycles. The fraction of sp³-hybridized carbons (Fsp3) is 0.263. The van der Waals surface area contributed by atoms with Crippen LogP contribution in [0.4, 0.5) is 11.8 Å². The number of ether oxygens (including phenoxy) is 1. The fourth-order valence-electron chi connectivity index (χ4n) is 4.33. The van der Waals surface area contributed by atoms with Crippen molar-refractivity contribution in [2.75, 3.05) is 23.8 Å². The Morgan fingerprint density at radius 3 is 2.96 bits per heavy atom. The summed E-state index contributed by atoms with van der Waals surface area (Å²) in [5.74, 6) is 0.0195. The van der Waals surface area contributed by atoms with Crippen molar-refractivity contribution in [3.8, 4) is 11.3 Å². The third-order valence-corrected chi connectivity index (χ3v) is 5.29. The zero-order valence-electron chi connectivity index (χ0n) is 15.3. The summed E-state index contributed by atoms with van der Waals surface area (Å²) >= 11 is 0. The van der Waals surface area contributed by atoms with Gasteiger partial charge in [-0.15, -0.1) is 0 Å². The molecule has 2 aliphatic rings. The van der Waals surface area contributed by atoms with Crippen molar-refractivity contribution >= 4 is 23.7 Å². The Morgan fingerprint density at radius 2 is 2.18 bits per heavy atom. The first-order valence-electron chi connectivity index (χ1n) is 8.89. The highest BCUT2D eigenvalue weighted by Crippen LogP contribution is 2.59. The molecule has 3 N–H and O–H groups in total. The molecule has 1 aromatic carbocycles. The minimum absolute atomic E-state index is 0.0155. The molecule has 5 rings (SSSR count). The first-order chi connectivity index (χ1) is 13.5. The molecule has 142 valence electrons. The van der Waals surface area contributed by atoms with Gasteiger partial charge in [0.1, 0.15) is 12.2 Å². The highest BCUT2D eigenvalue weighted by Gasteiger charge is 2.63.